The summed E-state index contributed by atoms with van der Waals surface area (Å²) in [4.78, 5) is 14.1. The molecule has 2 aliphatic heterocycles. The van der Waals surface area contributed by atoms with Crippen LogP contribution < -0.4 is 14.5 Å². The van der Waals surface area contributed by atoms with Crippen molar-refractivity contribution >= 4 is 66.4 Å². The molecular formula is C72H45N6OPt-3. The zero-order chi connectivity index (χ0) is 52.1. The van der Waals surface area contributed by atoms with Gasteiger partial charge in [-0.1, -0.05) is 157 Å². The fraction of sp³-hybridized carbons (Fsp3) is 0.0139. The Kier molecular flexibility index (Phi) is 11.2. The fourth-order valence-corrected chi connectivity index (χ4v) is 12.4. The molecule has 0 spiro atoms. The summed E-state index contributed by atoms with van der Waals surface area (Å²) >= 11 is 0. The topological polar surface area (TPSA) is 51.4 Å². The van der Waals surface area contributed by atoms with Gasteiger partial charge >= 0.3 is 0 Å². The Morgan fingerprint density at radius 1 is 0.450 bits per heavy atom. The minimum absolute atomic E-state index is 0. The average molecular weight is 1210 g/mol. The van der Waals surface area contributed by atoms with Gasteiger partial charge < -0.3 is 23.7 Å². The molecule has 2 aliphatic rings. The Morgan fingerprint density at radius 3 is 1.85 bits per heavy atom. The van der Waals surface area contributed by atoms with Crippen molar-refractivity contribution in [3.63, 3.8) is 0 Å². The van der Waals surface area contributed by atoms with Gasteiger partial charge in [0.15, 0.2) is 0 Å². The number of pyridine rings is 2. The second-order valence-corrected chi connectivity index (χ2v) is 20.2. The molecule has 0 aliphatic carbocycles. The van der Waals surface area contributed by atoms with Crippen LogP contribution in [0.15, 0.2) is 249 Å². The molecule has 10 aromatic carbocycles. The fourth-order valence-electron chi connectivity index (χ4n) is 12.4. The Bertz CT molecular complexity index is 4700. The first-order valence-electron chi connectivity index (χ1n) is 26.6. The predicted octanol–water partition coefficient (Wildman–Crippen LogP) is 18.4. The molecule has 0 N–H and O–H groups in total. The predicted molar refractivity (Wildman–Crippen MR) is 322 cm³/mol. The average Bonchev–Trinajstić information content (AvgIpc) is 4.25. The van der Waals surface area contributed by atoms with Gasteiger partial charge in [-0.15, -0.1) is 48.1 Å². The molecule has 0 bridgehead atoms. The molecule has 80 heavy (non-hydrogen) atoms. The summed E-state index contributed by atoms with van der Waals surface area (Å²) in [7, 11) is 0. The molecule has 0 saturated heterocycles. The number of aryl methyl sites for hydroxylation is 1. The summed E-state index contributed by atoms with van der Waals surface area (Å²) in [6, 6.07) is 89.4. The van der Waals surface area contributed by atoms with Crippen molar-refractivity contribution in [1.82, 2.24) is 19.1 Å². The number of hydrogen-bond donors (Lipinski definition) is 0. The van der Waals surface area contributed by atoms with Crippen molar-refractivity contribution in [3.05, 3.63) is 273 Å². The molecule has 6 heterocycles. The molecule has 7 nitrogen and oxygen atoms in total. The van der Waals surface area contributed by atoms with E-state index in [9.17, 15) is 0 Å². The van der Waals surface area contributed by atoms with E-state index in [1.165, 1.54) is 38.5 Å². The smallest absolute Gasteiger partial charge is 0.135 e. The van der Waals surface area contributed by atoms with E-state index in [1.54, 1.807) is 0 Å². The second kappa shape index (κ2) is 19.0. The number of benzene rings is 10. The van der Waals surface area contributed by atoms with Crippen molar-refractivity contribution in [1.29, 1.82) is 0 Å². The van der Waals surface area contributed by atoms with Crippen LogP contribution >= 0.6 is 0 Å². The first kappa shape index (κ1) is 47.4. The number of fused-ring (bicyclic) bond motifs is 13. The summed E-state index contributed by atoms with van der Waals surface area (Å²) in [6.45, 7) is 4.33. The van der Waals surface area contributed by atoms with Gasteiger partial charge in [0.05, 0.1) is 16.7 Å². The summed E-state index contributed by atoms with van der Waals surface area (Å²) in [5.41, 5.74) is 21.9. The van der Waals surface area contributed by atoms with Gasteiger partial charge in [0.25, 0.3) is 0 Å². The normalized spacial score (nSPS) is 12.4. The minimum Gasteiger partial charge on any atom is -0.509 e. The van der Waals surface area contributed by atoms with Crippen LogP contribution in [0.2, 0.25) is 0 Å². The van der Waals surface area contributed by atoms with Gasteiger partial charge in [-0.05, 0) is 94.2 Å². The molecular weight excluding hydrogens is 1160 g/mol. The standard InChI is InChI=1S/C72H45N6O.Pt/c1-46-41-68(74-44-61(46)49-37-39-73-40-38-49)77-65-35-36-66-69(57-25-9-8-23-55(57)58-28-16-29-59-56-24-10-11-30-62(56)78(66)72(58)59)70(65)60-34-33-52(43-67(60)77)79-51-22-14-21-50(42-51)75-45-76(64-32-13-12-31-63(64)75)71-53(47-17-4-2-5-18-47)26-15-27-54(71)48-19-6-3-7-20-48;/h2-41,44-45H,1H3;/q-3;. The number of ether oxygens (including phenoxy) is 1. The minimum atomic E-state index is 0. The van der Waals surface area contributed by atoms with Crippen LogP contribution in [0.25, 0.3) is 111 Å². The third-order valence-corrected chi connectivity index (χ3v) is 15.8. The van der Waals surface area contributed by atoms with Crippen LogP contribution in [-0.4, -0.2) is 19.1 Å². The zero-order valence-electron chi connectivity index (χ0n) is 43.2. The number of anilines is 4. The number of rotatable bonds is 8. The maximum absolute atomic E-state index is 6.93. The van der Waals surface area contributed by atoms with Crippen molar-refractivity contribution in [3.8, 4) is 78.6 Å². The van der Waals surface area contributed by atoms with Crippen molar-refractivity contribution < 1.29 is 25.8 Å². The molecule has 16 rings (SSSR count). The molecule has 8 heteroatoms. The third-order valence-electron chi connectivity index (χ3n) is 15.8. The van der Waals surface area contributed by atoms with Crippen LogP contribution in [-0.2, 0) is 21.1 Å². The van der Waals surface area contributed by atoms with Crippen LogP contribution in [0.3, 0.4) is 0 Å². The Hall–Kier alpha value is -9.81. The van der Waals surface area contributed by atoms with E-state index in [2.05, 4.69) is 250 Å². The van der Waals surface area contributed by atoms with E-state index in [4.69, 9.17) is 9.72 Å². The van der Waals surface area contributed by atoms with Crippen molar-refractivity contribution in [2.24, 2.45) is 0 Å². The molecule has 0 fully saturated rings. The quantitative estimate of drug-likeness (QED) is 0.142. The number of aromatic nitrogens is 4. The Balaban J connectivity index is 0.00000552. The molecule has 0 saturated carbocycles. The molecule has 14 aromatic rings. The number of nitrogens with zero attached hydrogens (tertiary/aromatic N) is 6. The first-order valence-corrected chi connectivity index (χ1v) is 26.6. The van der Waals surface area contributed by atoms with Crippen molar-refractivity contribution in [2.75, 3.05) is 9.80 Å². The van der Waals surface area contributed by atoms with Gasteiger partial charge in [-0.25, -0.2) is 4.98 Å². The van der Waals surface area contributed by atoms with Gasteiger partial charge in [0.1, 0.15) is 5.82 Å². The van der Waals surface area contributed by atoms with E-state index in [0.29, 0.717) is 11.5 Å². The maximum Gasteiger partial charge on any atom is 0.135 e. The van der Waals surface area contributed by atoms with Gasteiger partial charge in [-0.3, -0.25) is 4.98 Å². The van der Waals surface area contributed by atoms with Gasteiger partial charge in [-0.2, -0.15) is 12.1 Å². The SMILES string of the molecule is Cc1cc(-n2c3[c-]c(Oc4[c-]c(N5[CH-]N(c6c(-c7ccccc7)cccc6-c6ccccc6)c6ccccc65)ccc4)ccc3c3c4c(ccc32)-n2c3ccccc3c3cccc(c32)-c2ccccc2-4)ncc1-c1ccncc1.[Pt]. The number of hydrogen-bond acceptors (Lipinski definition) is 5. The summed E-state index contributed by atoms with van der Waals surface area (Å²) in [5.74, 6) is 1.91. The molecule has 4 aromatic heterocycles. The van der Waals surface area contributed by atoms with E-state index in [-0.39, 0.29) is 21.1 Å². The zero-order valence-corrected chi connectivity index (χ0v) is 45.4. The van der Waals surface area contributed by atoms with E-state index >= 15 is 0 Å². The van der Waals surface area contributed by atoms with E-state index in [1.807, 2.05) is 48.9 Å². The second-order valence-electron chi connectivity index (χ2n) is 20.2. The molecule has 0 amide bonds. The van der Waals surface area contributed by atoms with E-state index in [0.717, 1.165) is 101 Å². The van der Waals surface area contributed by atoms with Crippen molar-refractivity contribution in [2.45, 2.75) is 6.92 Å². The van der Waals surface area contributed by atoms with Crippen LogP contribution in [0, 0.1) is 25.7 Å². The molecule has 0 atom stereocenters. The molecule has 0 radical (unpaired) electrons. The van der Waals surface area contributed by atoms with E-state index < -0.39 is 0 Å². The van der Waals surface area contributed by atoms with Gasteiger partial charge in [0, 0.05) is 112 Å². The maximum atomic E-state index is 6.93. The van der Waals surface area contributed by atoms with Crippen LogP contribution in [0.5, 0.6) is 11.5 Å². The number of para-hydroxylation sites is 5. The Morgan fingerprint density at radius 2 is 1.07 bits per heavy atom. The summed E-state index contributed by atoms with van der Waals surface area (Å²) in [6.07, 6.45) is 5.63. The molecule has 382 valence electrons. The Labute approximate surface area is 477 Å². The van der Waals surface area contributed by atoms with Crippen LogP contribution in [0.4, 0.5) is 22.7 Å². The molecule has 0 unspecified atom stereocenters. The summed E-state index contributed by atoms with van der Waals surface area (Å²) < 4.78 is 11.7. The largest absolute Gasteiger partial charge is 0.509 e. The first-order chi connectivity index (χ1) is 39.1. The third kappa shape index (κ3) is 7.38. The van der Waals surface area contributed by atoms with Crippen LogP contribution in [0.1, 0.15) is 5.56 Å². The van der Waals surface area contributed by atoms with Gasteiger partial charge in [0.2, 0.25) is 0 Å². The summed E-state index contributed by atoms with van der Waals surface area (Å²) in [5, 5.41) is 4.62. The monoisotopic (exact) mass is 1200 g/mol.